The largest absolute Gasteiger partial charge is 0.433 e. The van der Waals surface area contributed by atoms with E-state index in [0.717, 1.165) is 6.07 Å². The number of carbonyl (C=O) groups is 1. The van der Waals surface area contributed by atoms with Crippen molar-refractivity contribution in [1.82, 2.24) is 30.0 Å². The second kappa shape index (κ2) is 7.96. The average molecular weight is 466 g/mol. The third-order valence-corrected chi connectivity index (χ3v) is 4.17. The first kappa shape index (κ1) is 20.4. The van der Waals surface area contributed by atoms with Crippen molar-refractivity contribution in [2.24, 2.45) is 0 Å². The molecule has 0 bridgehead atoms. The molecule has 1 atom stereocenters. The summed E-state index contributed by atoms with van der Waals surface area (Å²) in [7, 11) is 0. The summed E-state index contributed by atoms with van der Waals surface area (Å²) in [5, 5.41) is 15.4. The second-order valence-corrected chi connectivity index (χ2v) is 6.71. The highest BCUT2D eigenvalue weighted by Gasteiger charge is 2.34. The molecule has 0 saturated carbocycles. The van der Waals surface area contributed by atoms with Crippen molar-refractivity contribution in [2.45, 2.75) is 19.1 Å². The third kappa shape index (κ3) is 4.57. The molecule has 0 fully saturated rings. The number of alkyl halides is 3. The molecule has 0 aromatic carbocycles. The van der Waals surface area contributed by atoms with Crippen LogP contribution in [0.2, 0.25) is 0 Å². The zero-order chi connectivity index (χ0) is 21.2. The molecule has 0 radical (unpaired) electrons. The van der Waals surface area contributed by atoms with Crippen LogP contribution in [0.15, 0.2) is 41.3 Å². The molecule has 0 unspecified atom stereocenters. The first-order valence-electron chi connectivity index (χ1n) is 8.01. The predicted octanol–water partition coefficient (Wildman–Crippen LogP) is 3.20. The lowest BCUT2D eigenvalue weighted by Crippen LogP contribution is -2.30. The van der Waals surface area contributed by atoms with Crippen LogP contribution >= 0.6 is 15.9 Å². The maximum Gasteiger partial charge on any atom is 0.433 e. The molecular weight excluding hydrogens is 455 g/mol. The number of pyridine rings is 2. The van der Waals surface area contributed by atoms with Crippen molar-refractivity contribution in [3.63, 3.8) is 0 Å². The lowest BCUT2D eigenvalue weighted by atomic mass is 10.2. The molecule has 0 aliphatic carbocycles. The summed E-state index contributed by atoms with van der Waals surface area (Å²) in [6, 6.07) is 6.29. The van der Waals surface area contributed by atoms with Gasteiger partial charge in [-0.2, -0.15) is 28.2 Å². The number of hydrogen-bond donors (Lipinski definition) is 1. The fourth-order valence-corrected chi connectivity index (χ4v) is 2.83. The Morgan fingerprint density at radius 2 is 2.07 bits per heavy atom. The lowest BCUT2D eigenvalue weighted by Gasteiger charge is -2.15. The van der Waals surface area contributed by atoms with Crippen molar-refractivity contribution in [3.8, 4) is 11.9 Å². The zero-order valence-electron chi connectivity index (χ0n) is 14.6. The van der Waals surface area contributed by atoms with E-state index in [1.807, 2.05) is 6.07 Å². The van der Waals surface area contributed by atoms with E-state index in [9.17, 15) is 18.0 Å². The van der Waals surface area contributed by atoms with Gasteiger partial charge < -0.3 is 5.32 Å². The smallest absolute Gasteiger partial charge is 0.341 e. The van der Waals surface area contributed by atoms with Crippen LogP contribution in [0.1, 0.15) is 40.5 Å². The zero-order valence-corrected chi connectivity index (χ0v) is 16.2. The Balaban J connectivity index is 1.84. The minimum absolute atomic E-state index is 0.0718. The minimum Gasteiger partial charge on any atom is -0.341 e. The third-order valence-electron chi connectivity index (χ3n) is 3.72. The first-order valence-corrected chi connectivity index (χ1v) is 8.80. The van der Waals surface area contributed by atoms with E-state index in [0.29, 0.717) is 17.2 Å². The van der Waals surface area contributed by atoms with E-state index in [-0.39, 0.29) is 4.47 Å². The topological polar surface area (TPSA) is 109 Å². The van der Waals surface area contributed by atoms with Crippen molar-refractivity contribution >= 4 is 21.8 Å². The molecule has 1 amide bonds. The van der Waals surface area contributed by atoms with E-state index < -0.39 is 29.5 Å². The Morgan fingerprint density at radius 1 is 1.31 bits per heavy atom. The number of halogens is 4. The van der Waals surface area contributed by atoms with Crippen LogP contribution in [0.3, 0.4) is 0 Å². The normalized spacial score (nSPS) is 12.3. The van der Waals surface area contributed by atoms with Gasteiger partial charge in [-0.15, -0.1) is 0 Å². The van der Waals surface area contributed by atoms with E-state index >= 15 is 0 Å². The van der Waals surface area contributed by atoms with Gasteiger partial charge in [0.2, 0.25) is 0 Å². The highest BCUT2D eigenvalue weighted by Crippen LogP contribution is 2.30. The predicted molar refractivity (Wildman–Crippen MR) is 96.7 cm³/mol. The Kier molecular flexibility index (Phi) is 5.60. The van der Waals surface area contributed by atoms with E-state index in [4.69, 9.17) is 5.26 Å². The van der Waals surface area contributed by atoms with Gasteiger partial charge in [-0.3, -0.25) is 4.79 Å². The number of amides is 1. The first-order chi connectivity index (χ1) is 13.7. The van der Waals surface area contributed by atoms with Gasteiger partial charge in [0.25, 0.3) is 5.91 Å². The molecule has 29 heavy (non-hydrogen) atoms. The number of nitrogens with one attached hydrogen (secondary N) is 1. The number of carbonyl (C=O) groups excluding carboxylic acids is 1. The van der Waals surface area contributed by atoms with Gasteiger partial charge in [-0.1, -0.05) is 15.9 Å². The second-order valence-electron chi connectivity index (χ2n) is 5.80. The summed E-state index contributed by atoms with van der Waals surface area (Å²) >= 11 is 2.95. The van der Waals surface area contributed by atoms with Gasteiger partial charge in [0.1, 0.15) is 23.8 Å². The number of rotatable bonds is 4. The molecule has 3 rings (SSSR count). The van der Waals surface area contributed by atoms with Crippen LogP contribution in [0.5, 0.6) is 0 Å². The maximum absolute atomic E-state index is 12.9. The number of nitriles is 1. The monoisotopic (exact) mass is 465 g/mol. The summed E-state index contributed by atoms with van der Waals surface area (Å²) in [5.41, 5.74) is -1.23. The van der Waals surface area contributed by atoms with Gasteiger partial charge in [-0.05, 0) is 31.2 Å². The fourth-order valence-electron chi connectivity index (χ4n) is 2.39. The summed E-state index contributed by atoms with van der Waals surface area (Å²) in [5.74, 6) is -0.161. The van der Waals surface area contributed by atoms with Gasteiger partial charge in [0.05, 0.1) is 11.6 Å². The molecule has 3 aromatic heterocycles. The Labute approximate surface area is 170 Å². The van der Waals surface area contributed by atoms with Crippen LogP contribution < -0.4 is 5.32 Å². The van der Waals surface area contributed by atoms with E-state index in [1.165, 1.54) is 23.3 Å². The summed E-state index contributed by atoms with van der Waals surface area (Å²) in [6.45, 7) is 1.59. The minimum atomic E-state index is -4.69. The molecule has 8 nitrogen and oxygen atoms in total. The van der Waals surface area contributed by atoms with Gasteiger partial charge in [0, 0.05) is 10.7 Å². The molecule has 0 aliphatic heterocycles. The van der Waals surface area contributed by atoms with Gasteiger partial charge in [0.15, 0.2) is 11.6 Å². The van der Waals surface area contributed by atoms with Crippen LogP contribution in [0.25, 0.3) is 5.82 Å². The van der Waals surface area contributed by atoms with E-state index in [2.05, 4.69) is 41.3 Å². The highest BCUT2D eigenvalue weighted by atomic mass is 79.9. The van der Waals surface area contributed by atoms with E-state index in [1.54, 1.807) is 19.1 Å². The standard InChI is InChI=1S/C17H11BrF3N7O/c1-9(15-24-8-25-28(15)14-3-2-10(6-22)7-23-14)26-16(29)12-4-11(18)5-13(27-12)17(19,20)21/h2-5,7-9H,1H3,(H,26,29)/t9-/m0/s1. The molecule has 1 N–H and O–H groups in total. The molecule has 12 heteroatoms. The molecular formula is C17H11BrF3N7O. The Bertz CT molecular complexity index is 1090. The molecule has 3 aromatic rings. The van der Waals surface area contributed by atoms with Crippen molar-refractivity contribution < 1.29 is 18.0 Å². The highest BCUT2D eigenvalue weighted by molar-refractivity contribution is 9.10. The molecule has 148 valence electrons. The average Bonchev–Trinajstić information content (AvgIpc) is 3.17. The Morgan fingerprint density at radius 3 is 2.69 bits per heavy atom. The van der Waals surface area contributed by atoms with Crippen LogP contribution in [0.4, 0.5) is 13.2 Å². The summed E-state index contributed by atoms with van der Waals surface area (Å²) in [4.78, 5) is 24.0. The quantitative estimate of drug-likeness (QED) is 0.633. The summed E-state index contributed by atoms with van der Waals surface area (Å²) < 4.78 is 40.2. The van der Waals surface area contributed by atoms with Gasteiger partial charge >= 0.3 is 6.18 Å². The van der Waals surface area contributed by atoms with Crippen molar-refractivity contribution in [1.29, 1.82) is 5.26 Å². The number of hydrogen-bond acceptors (Lipinski definition) is 6. The van der Waals surface area contributed by atoms with Crippen LogP contribution in [-0.4, -0.2) is 30.6 Å². The molecule has 3 heterocycles. The number of aromatic nitrogens is 5. The van der Waals surface area contributed by atoms with Crippen molar-refractivity contribution in [3.05, 3.63) is 64.0 Å². The SMILES string of the molecule is C[C@H](NC(=O)c1cc(Br)cc(C(F)(F)F)n1)c1ncnn1-c1ccc(C#N)cn1. The van der Waals surface area contributed by atoms with Crippen LogP contribution in [0, 0.1) is 11.3 Å². The summed E-state index contributed by atoms with van der Waals surface area (Å²) in [6.07, 6.45) is -2.09. The maximum atomic E-state index is 12.9. The fraction of sp³-hybridized carbons (Fsp3) is 0.176. The van der Waals surface area contributed by atoms with Crippen molar-refractivity contribution in [2.75, 3.05) is 0 Å². The molecule has 0 saturated heterocycles. The van der Waals surface area contributed by atoms with Crippen LogP contribution in [-0.2, 0) is 6.18 Å². The molecule has 0 aliphatic rings. The molecule has 0 spiro atoms. The number of nitrogens with zero attached hydrogens (tertiary/aromatic N) is 6. The van der Waals surface area contributed by atoms with Gasteiger partial charge in [-0.25, -0.2) is 15.0 Å². The Hall–Kier alpha value is -3.33. The lowest BCUT2D eigenvalue weighted by molar-refractivity contribution is -0.141.